The minimum Gasteiger partial charge on any atom is -0.507 e. The highest BCUT2D eigenvalue weighted by atomic mass is 16.5. The molecule has 0 aliphatic rings. The summed E-state index contributed by atoms with van der Waals surface area (Å²) < 4.78 is 11.6. The molecule has 2 aromatic carbocycles. The van der Waals surface area contributed by atoms with E-state index in [-0.39, 0.29) is 28.6 Å². The van der Waals surface area contributed by atoms with Crippen LogP contribution in [-0.4, -0.2) is 34.6 Å². The van der Waals surface area contributed by atoms with Crippen molar-refractivity contribution in [3.05, 3.63) is 57.7 Å². The maximum Gasteiger partial charge on any atom is 0.193 e. The molecule has 6 nitrogen and oxygen atoms in total. The van der Waals surface area contributed by atoms with Crippen molar-refractivity contribution < 1.29 is 24.5 Å². The van der Waals surface area contributed by atoms with Gasteiger partial charge >= 0.3 is 0 Å². The van der Waals surface area contributed by atoms with Gasteiger partial charge in [-0.25, -0.2) is 0 Å². The normalized spacial score (nSPS) is 13.4. The third kappa shape index (κ3) is 4.97. The molecule has 0 aliphatic carbocycles. The number of ether oxygens (including phenoxy) is 1. The lowest BCUT2D eigenvalue weighted by molar-refractivity contribution is 0.0536. The second-order valence-electron chi connectivity index (χ2n) is 10.2. The molecule has 0 radical (unpaired) electrons. The van der Waals surface area contributed by atoms with E-state index in [1.807, 2.05) is 53.7 Å². The number of aliphatic hydroxyl groups is 2. The van der Waals surface area contributed by atoms with Gasteiger partial charge in [-0.05, 0) is 35.1 Å². The van der Waals surface area contributed by atoms with Gasteiger partial charge in [0.05, 0.1) is 12.0 Å². The first-order valence-electron chi connectivity index (χ1n) is 10.7. The fourth-order valence-corrected chi connectivity index (χ4v) is 3.53. The van der Waals surface area contributed by atoms with Crippen LogP contribution in [0.3, 0.4) is 0 Å². The molecule has 0 spiro atoms. The summed E-state index contributed by atoms with van der Waals surface area (Å²) in [6.45, 7) is 11.7. The number of hydrogen-bond donors (Lipinski definition) is 3. The summed E-state index contributed by atoms with van der Waals surface area (Å²) in [5, 5.41) is 29.8. The second-order valence-corrected chi connectivity index (χ2v) is 10.2. The van der Waals surface area contributed by atoms with E-state index in [0.717, 1.165) is 11.1 Å². The molecule has 3 N–H and O–H groups in total. The number of phenolic OH excluding ortho intramolecular Hbond substituents is 1. The van der Waals surface area contributed by atoms with Crippen LogP contribution in [-0.2, 0) is 10.8 Å². The van der Waals surface area contributed by atoms with E-state index in [1.165, 1.54) is 6.07 Å². The van der Waals surface area contributed by atoms with Gasteiger partial charge in [0.2, 0.25) is 0 Å². The number of aromatic hydroxyl groups is 1. The van der Waals surface area contributed by atoms with Crippen molar-refractivity contribution in [3.8, 4) is 22.8 Å². The van der Waals surface area contributed by atoms with Crippen molar-refractivity contribution in [2.45, 2.75) is 58.5 Å². The Balaban J connectivity index is 2.17. The van der Waals surface area contributed by atoms with Crippen LogP contribution in [0.4, 0.5) is 0 Å². The van der Waals surface area contributed by atoms with Gasteiger partial charge in [0, 0.05) is 28.8 Å². The SMILES string of the molecule is CC(C)(C)c1cc(-c2cc(=O)c3ccc(OCC(O)CO)cc3o2)cc(C(C)(C)C)c1O. The molecule has 32 heavy (non-hydrogen) atoms. The average Bonchev–Trinajstić information content (AvgIpc) is 2.70. The van der Waals surface area contributed by atoms with Gasteiger partial charge in [-0.15, -0.1) is 0 Å². The number of benzene rings is 2. The Bertz CT molecular complexity index is 1140. The highest BCUT2D eigenvalue weighted by molar-refractivity contribution is 5.80. The van der Waals surface area contributed by atoms with Crippen molar-refractivity contribution in [1.82, 2.24) is 0 Å². The van der Waals surface area contributed by atoms with E-state index in [1.54, 1.807) is 18.2 Å². The smallest absolute Gasteiger partial charge is 0.193 e. The van der Waals surface area contributed by atoms with Gasteiger partial charge in [0.1, 0.15) is 35.6 Å². The molecule has 0 saturated carbocycles. The Hall–Kier alpha value is -2.83. The van der Waals surface area contributed by atoms with Gasteiger partial charge < -0.3 is 24.5 Å². The Labute approximate surface area is 188 Å². The molecule has 0 fully saturated rings. The topological polar surface area (TPSA) is 100 Å². The van der Waals surface area contributed by atoms with E-state index >= 15 is 0 Å². The number of hydrogen-bond acceptors (Lipinski definition) is 6. The zero-order valence-corrected chi connectivity index (χ0v) is 19.5. The molecule has 3 rings (SSSR count). The highest BCUT2D eigenvalue weighted by Crippen LogP contribution is 2.42. The second kappa shape index (κ2) is 8.60. The number of aliphatic hydroxyl groups excluding tert-OH is 2. The fourth-order valence-electron chi connectivity index (χ4n) is 3.53. The monoisotopic (exact) mass is 440 g/mol. The van der Waals surface area contributed by atoms with Crippen LogP contribution in [0.2, 0.25) is 0 Å². The van der Waals surface area contributed by atoms with Gasteiger partial charge in [0.15, 0.2) is 5.43 Å². The largest absolute Gasteiger partial charge is 0.507 e. The Morgan fingerprint density at radius 2 is 1.56 bits per heavy atom. The average molecular weight is 441 g/mol. The maximum atomic E-state index is 12.8. The van der Waals surface area contributed by atoms with Gasteiger partial charge in [-0.1, -0.05) is 41.5 Å². The molecular weight excluding hydrogens is 408 g/mol. The molecule has 1 unspecified atom stereocenters. The summed E-state index contributed by atoms with van der Waals surface area (Å²) in [5.41, 5.74) is 1.80. The first kappa shape index (κ1) is 23.8. The lowest BCUT2D eigenvalue weighted by Crippen LogP contribution is -2.21. The summed E-state index contributed by atoms with van der Waals surface area (Å²) in [5.74, 6) is 1.07. The summed E-state index contributed by atoms with van der Waals surface area (Å²) in [6, 6.07) is 10.0. The molecule has 1 atom stereocenters. The van der Waals surface area contributed by atoms with Crippen molar-refractivity contribution in [1.29, 1.82) is 0 Å². The predicted molar refractivity (Wildman–Crippen MR) is 126 cm³/mol. The number of rotatable bonds is 5. The zero-order chi connectivity index (χ0) is 23.8. The summed E-state index contributed by atoms with van der Waals surface area (Å²) >= 11 is 0. The standard InChI is InChI=1S/C26H32O6/c1-25(2,3)19-9-15(10-20(24(19)30)26(4,5)6)22-12-21(29)18-8-7-17(11-23(18)32-22)31-14-16(28)13-27/h7-12,16,27-28,30H,13-14H2,1-6H3. The van der Waals surface area contributed by atoms with Gasteiger partial charge in [-0.2, -0.15) is 0 Å². The van der Waals surface area contributed by atoms with Crippen LogP contribution in [0.15, 0.2) is 45.6 Å². The molecule has 0 saturated heterocycles. The third-order valence-electron chi connectivity index (χ3n) is 5.36. The van der Waals surface area contributed by atoms with Crippen LogP contribution in [0.1, 0.15) is 52.7 Å². The molecule has 1 aromatic heterocycles. The molecule has 0 amide bonds. The summed E-state index contributed by atoms with van der Waals surface area (Å²) in [4.78, 5) is 12.8. The lowest BCUT2D eigenvalue weighted by atomic mass is 9.78. The molecule has 1 heterocycles. The first-order valence-corrected chi connectivity index (χ1v) is 10.7. The van der Waals surface area contributed by atoms with Gasteiger partial charge in [0.25, 0.3) is 0 Å². The Morgan fingerprint density at radius 3 is 2.09 bits per heavy atom. The van der Waals surface area contributed by atoms with E-state index < -0.39 is 12.7 Å². The van der Waals surface area contributed by atoms with Crippen molar-refractivity contribution >= 4 is 11.0 Å². The minimum absolute atomic E-state index is 0.0756. The molecule has 0 bridgehead atoms. The van der Waals surface area contributed by atoms with Crippen molar-refractivity contribution in [2.24, 2.45) is 0 Å². The van der Waals surface area contributed by atoms with E-state index in [9.17, 15) is 15.0 Å². The van der Waals surface area contributed by atoms with E-state index in [4.69, 9.17) is 14.3 Å². The quantitative estimate of drug-likeness (QED) is 0.540. The molecular formula is C26H32O6. The van der Waals surface area contributed by atoms with Crippen LogP contribution < -0.4 is 10.2 Å². The maximum absolute atomic E-state index is 12.8. The zero-order valence-electron chi connectivity index (χ0n) is 19.5. The van der Waals surface area contributed by atoms with E-state index in [2.05, 4.69) is 0 Å². The van der Waals surface area contributed by atoms with Crippen LogP contribution in [0.25, 0.3) is 22.3 Å². The van der Waals surface area contributed by atoms with Crippen LogP contribution in [0, 0.1) is 0 Å². The van der Waals surface area contributed by atoms with Crippen LogP contribution in [0.5, 0.6) is 11.5 Å². The summed E-state index contributed by atoms with van der Waals surface area (Å²) in [6.07, 6.45) is -0.993. The molecule has 172 valence electrons. The predicted octanol–water partition coefficient (Wildman–Crippen LogP) is 4.49. The Kier molecular flexibility index (Phi) is 6.40. The molecule has 3 aromatic rings. The van der Waals surface area contributed by atoms with Crippen molar-refractivity contribution in [3.63, 3.8) is 0 Å². The lowest BCUT2D eigenvalue weighted by Gasteiger charge is -2.28. The van der Waals surface area contributed by atoms with Crippen LogP contribution >= 0.6 is 0 Å². The Morgan fingerprint density at radius 1 is 0.969 bits per heavy atom. The molecule has 6 heteroatoms. The van der Waals surface area contributed by atoms with Crippen molar-refractivity contribution in [2.75, 3.05) is 13.2 Å². The third-order valence-corrected chi connectivity index (χ3v) is 5.36. The number of fused-ring (bicyclic) bond motifs is 1. The van der Waals surface area contributed by atoms with E-state index in [0.29, 0.717) is 28.0 Å². The molecule has 0 aliphatic heterocycles. The van der Waals surface area contributed by atoms with Gasteiger partial charge in [-0.3, -0.25) is 4.79 Å². The first-order chi connectivity index (χ1) is 14.8. The fraction of sp³-hybridized carbons (Fsp3) is 0.423. The minimum atomic E-state index is -0.993. The summed E-state index contributed by atoms with van der Waals surface area (Å²) in [7, 11) is 0. The number of phenols is 1. The highest BCUT2D eigenvalue weighted by Gasteiger charge is 2.27.